The lowest BCUT2D eigenvalue weighted by atomic mass is 10.1. The number of rotatable bonds is 6. The van der Waals surface area contributed by atoms with Crippen LogP contribution in [0.1, 0.15) is 22.8 Å². The lowest BCUT2D eigenvalue weighted by Gasteiger charge is -2.05. The van der Waals surface area contributed by atoms with Crippen molar-refractivity contribution in [3.05, 3.63) is 35.4 Å². The molecule has 100 valence electrons. The first kappa shape index (κ1) is 14.7. The Morgan fingerprint density at radius 3 is 2.67 bits per heavy atom. The van der Waals surface area contributed by atoms with Crippen LogP contribution in [0, 0.1) is 0 Å². The van der Waals surface area contributed by atoms with E-state index in [1.807, 2.05) is 0 Å². The maximum absolute atomic E-state index is 11.5. The molecule has 0 bridgehead atoms. The second-order valence-corrected chi connectivity index (χ2v) is 5.34. The van der Waals surface area contributed by atoms with Gasteiger partial charge in [0.25, 0.3) is 10.1 Å². The average Bonchev–Trinajstić information content (AvgIpc) is 2.28. The van der Waals surface area contributed by atoms with Crippen molar-refractivity contribution < 1.29 is 22.1 Å². The third-order valence-electron chi connectivity index (χ3n) is 2.13. The quantitative estimate of drug-likeness (QED) is 0.578. The monoisotopic (exact) mass is 272 g/mol. The van der Waals surface area contributed by atoms with Gasteiger partial charge in [-0.2, -0.15) is 8.42 Å². The Hall–Kier alpha value is -1.40. The molecule has 0 heterocycles. The van der Waals surface area contributed by atoms with E-state index in [1.54, 1.807) is 31.2 Å². The Kier molecular flexibility index (Phi) is 5.30. The van der Waals surface area contributed by atoms with E-state index in [4.69, 9.17) is 4.74 Å². The fourth-order valence-electron chi connectivity index (χ4n) is 1.38. The molecule has 0 spiro atoms. The lowest BCUT2D eigenvalue weighted by molar-refractivity contribution is 0.0526. The number of esters is 1. The highest BCUT2D eigenvalue weighted by Crippen LogP contribution is 2.08. The highest BCUT2D eigenvalue weighted by molar-refractivity contribution is 7.85. The molecule has 0 unspecified atom stereocenters. The van der Waals surface area contributed by atoms with Crippen LogP contribution in [0.15, 0.2) is 24.3 Å². The molecule has 0 N–H and O–H groups in total. The summed E-state index contributed by atoms with van der Waals surface area (Å²) in [6.45, 7) is 2.12. The standard InChI is InChI=1S/C12H16O5S/c1-3-16-12(13)11-6-4-5-10(9-11)7-8-17-18(2,14)15/h4-6,9H,3,7-8H2,1-2H3. The average molecular weight is 272 g/mol. The van der Waals surface area contributed by atoms with Crippen molar-refractivity contribution in [3.8, 4) is 0 Å². The first-order chi connectivity index (χ1) is 8.42. The van der Waals surface area contributed by atoms with Gasteiger partial charge in [-0.1, -0.05) is 12.1 Å². The van der Waals surface area contributed by atoms with Gasteiger partial charge in [-0.3, -0.25) is 4.18 Å². The molecule has 5 nitrogen and oxygen atoms in total. The normalized spacial score (nSPS) is 11.2. The summed E-state index contributed by atoms with van der Waals surface area (Å²) < 4.78 is 31.1. The Morgan fingerprint density at radius 1 is 1.33 bits per heavy atom. The minimum atomic E-state index is -3.42. The van der Waals surface area contributed by atoms with Crippen LogP contribution in [0.2, 0.25) is 0 Å². The molecule has 0 radical (unpaired) electrons. The van der Waals surface area contributed by atoms with E-state index in [2.05, 4.69) is 4.18 Å². The third kappa shape index (κ3) is 5.29. The molecule has 1 aromatic rings. The SMILES string of the molecule is CCOC(=O)c1cccc(CCOS(C)(=O)=O)c1. The second-order valence-electron chi connectivity index (χ2n) is 3.70. The third-order valence-corrected chi connectivity index (χ3v) is 2.72. The number of carbonyl (C=O) groups excluding carboxylic acids is 1. The summed E-state index contributed by atoms with van der Waals surface area (Å²) in [7, 11) is -3.42. The highest BCUT2D eigenvalue weighted by atomic mass is 32.2. The minimum absolute atomic E-state index is 0.0606. The summed E-state index contributed by atoms with van der Waals surface area (Å²) in [5.74, 6) is -0.386. The van der Waals surface area contributed by atoms with Gasteiger partial charge >= 0.3 is 5.97 Å². The Bertz CT molecular complexity index is 507. The van der Waals surface area contributed by atoms with Crippen LogP contribution in [0.4, 0.5) is 0 Å². The molecular weight excluding hydrogens is 256 g/mol. The van der Waals surface area contributed by atoms with Gasteiger partial charge in [0.2, 0.25) is 0 Å². The van der Waals surface area contributed by atoms with Gasteiger partial charge in [0, 0.05) is 0 Å². The van der Waals surface area contributed by atoms with Crippen molar-refractivity contribution in [2.75, 3.05) is 19.5 Å². The predicted octanol–water partition coefficient (Wildman–Crippen LogP) is 1.38. The molecule has 1 aromatic carbocycles. The molecule has 0 aliphatic heterocycles. The maximum Gasteiger partial charge on any atom is 0.338 e. The van der Waals surface area contributed by atoms with Crippen LogP contribution < -0.4 is 0 Å². The number of hydrogen-bond acceptors (Lipinski definition) is 5. The smallest absolute Gasteiger partial charge is 0.338 e. The topological polar surface area (TPSA) is 69.7 Å². The summed E-state index contributed by atoms with van der Waals surface area (Å²) in [5, 5.41) is 0. The predicted molar refractivity (Wildman–Crippen MR) is 66.9 cm³/mol. The maximum atomic E-state index is 11.5. The van der Waals surface area contributed by atoms with Gasteiger partial charge < -0.3 is 4.74 Å². The van der Waals surface area contributed by atoms with Crippen molar-refractivity contribution >= 4 is 16.1 Å². The molecule has 0 fully saturated rings. The molecule has 0 aliphatic carbocycles. The molecule has 0 saturated carbocycles. The van der Waals surface area contributed by atoms with Gasteiger partial charge in [0.1, 0.15) is 0 Å². The van der Waals surface area contributed by atoms with Crippen LogP contribution in [-0.2, 0) is 25.5 Å². The number of carbonyl (C=O) groups is 1. The fourth-order valence-corrected chi connectivity index (χ4v) is 1.77. The van der Waals surface area contributed by atoms with E-state index in [1.165, 1.54) is 0 Å². The first-order valence-electron chi connectivity index (χ1n) is 5.53. The summed E-state index contributed by atoms with van der Waals surface area (Å²) >= 11 is 0. The Balaban J connectivity index is 2.62. The zero-order valence-corrected chi connectivity index (χ0v) is 11.2. The number of hydrogen-bond donors (Lipinski definition) is 0. The van der Waals surface area contributed by atoms with Crippen LogP contribution >= 0.6 is 0 Å². The molecule has 0 saturated heterocycles. The molecule has 0 amide bonds. The highest BCUT2D eigenvalue weighted by Gasteiger charge is 2.07. The summed E-state index contributed by atoms with van der Waals surface area (Å²) in [4.78, 5) is 11.5. The van der Waals surface area contributed by atoms with Gasteiger partial charge in [0.15, 0.2) is 0 Å². The first-order valence-corrected chi connectivity index (χ1v) is 7.34. The lowest BCUT2D eigenvalue weighted by Crippen LogP contribution is -2.08. The van der Waals surface area contributed by atoms with E-state index < -0.39 is 10.1 Å². The van der Waals surface area contributed by atoms with Gasteiger partial charge in [0.05, 0.1) is 25.0 Å². The van der Waals surface area contributed by atoms with E-state index >= 15 is 0 Å². The molecule has 0 atom stereocenters. The van der Waals surface area contributed by atoms with Crippen LogP contribution in [-0.4, -0.2) is 33.9 Å². The van der Waals surface area contributed by atoms with E-state index in [-0.39, 0.29) is 12.6 Å². The van der Waals surface area contributed by atoms with Gasteiger partial charge in [-0.05, 0) is 31.0 Å². The van der Waals surface area contributed by atoms with Crippen LogP contribution in [0.5, 0.6) is 0 Å². The minimum Gasteiger partial charge on any atom is -0.462 e. The van der Waals surface area contributed by atoms with Crippen molar-refractivity contribution in [1.82, 2.24) is 0 Å². The van der Waals surface area contributed by atoms with E-state index in [0.29, 0.717) is 18.6 Å². The zero-order chi connectivity index (χ0) is 13.6. The van der Waals surface area contributed by atoms with Crippen molar-refractivity contribution in [3.63, 3.8) is 0 Å². The van der Waals surface area contributed by atoms with Gasteiger partial charge in [-0.15, -0.1) is 0 Å². The van der Waals surface area contributed by atoms with Crippen molar-refractivity contribution in [2.24, 2.45) is 0 Å². The molecule has 18 heavy (non-hydrogen) atoms. The fraction of sp³-hybridized carbons (Fsp3) is 0.417. The molecule has 0 aromatic heterocycles. The van der Waals surface area contributed by atoms with Crippen molar-refractivity contribution in [1.29, 1.82) is 0 Å². The van der Waals surface area contributed by atoms with E-state index in [9.17, 15) is 13.2 Å². The molecular formula is C12H16O5S. The second kappa shape index (κ2) is 6.51. The zero-order valence-electron chi connectivity index (χ0n) is 10.4. The summed E-state index contributed by atoms with van der Waals surface area (Å²) in [6, 6.07) is 6.85. The van der Waals surface area contributed by atoms with Crippen molar-refractivity contribution in [2.45, 2.75) is 13.3 Å². The van der Waals surface area contributed by atoms with Crippen LogP contribution in [0.3, 0.4) is 0 Å². The Labute approximate surface area is 107 Å². The molecule has 1 rings (SSSR count). The largest absolute Gasteiger partial charge is 0.462 e. The Morgan fingerprint density at radius 2 is 2.06 bits per heavy atom. The van der Waals surface area contributed by atoms with Gasteiger partial charge in [-0.25, -0.2) is 4.79 Å². The molecule has 6 heteroatoms. The van der Waals surface area contributed by atoms with Crippen LogP contribution in [0.25, 0.3) is 0 Å². The number of benzene rings is 1. The molecule has 0 aliphatic rings. The number of ether oxygens (including phenoxy) is 1. The summed E-state index contributed by atoms with van der Waals surface area (Å²) in [6.07, 6.45) is 1.42. The summed E-state index contributed by atoms with van der Waals surface area (Å²) in [5.41, 5.74) is 1.28. The van der Waals surface area contributed by atoms with E-state index in [0.717, 1.165) is 11.8 Å².